The van der Waals surface area contributed by atoms with Crippen LogP contribution in [0.1, 0.15) is 0 Å². The molecule has 6 heavy (non-hydrogen) atoms. The standard InChI is InChI=1S/2CH3.2ClH.2Mg/h2*1H3;2*1H;;/q;;;;2*+1/p-2. The molecule has 0 saturated heterocycles. The molecule has 0 aliphatic rings. The van der Waals surface area contributed by atoms with E-state index in [1.54, 1.807) is 0 Å². The van der Waals surface area contributed by atoms with E-state index in [1.807, 2.05) is 53.5 Å². The predicted octanol–water partition coefficient (Wildman–Crippen LogP) is -5.59. The minimum Gasteiger partial charge on any atom is -1.00 e. The summed E-state index contributed by atoms with van der Waals surface area (Å²) in [5.41, 5.74) is 0. The molecule has 0 aromatic carbocycles. The first-order valence-corrected chi connectivity index (χ1v) is 4.24. The van der Waals surface area contributed by atoms with Crippen molar-refractivity contribution in [1.29, 1.82) is 0 Å². The summed E-state index contributed by atoms with van der Waals surface area (Å²) in [5.74, 6) is 0. The molecule has 0 bridgehead atoms. The topological polar surface area (TPSA) is 0 Å². The molecule has 0 aliphatic heterocycles. The van der Waals surface area contributed by atoms with Crippen LogP contribution in [-0.2, 0) is 0 Å². The van der Waals surface area contributed by atoms with E-state index in [-0.39, 0.29) is 24.8 Å². The molecule has 0 N–H and O–H groups in total. The average Bonchev–Trinajstić information content (AvgIpc) is 1.50. The van der Waals surface area contributed by atoms with Gasteiger partial charge >= 0.3 is 53.5 Å². The Bertz CT molecular complexity index is 9.51. The molecule has 0 fully saturated rings. The van der Waals surface area contributed by atoms with Crippen molar-refractivity contribution in [3.8, 4) is 0 Å². The first kappa shape index (κ1) is 24.3. The van der Waals surface area contributed by atoms with Crippen molar-refractivity contribution in [2.45, 2.75) is 10.1 Å². The summed E-state index contributed by atoms with van der Waals surface area (Å²) in [4.78, 5) is 0. The molecule has 0 rings (SSSR count). The van der Waals surface area contributed by atoms with E-state index in [2.05, 4.69) is 0 Å². The first-order valence-electron chi connectivity index (χ1n) is 1.41. The summed E-state index contributed by atoms with van der Waals surface area (Å²) in [6, 6.07) is 0. The van der Waals surface area contributed by atoms with Gasteiger partial charge in [0, 0.05) is 0 Å². The normalized spacial score (nSPS) is 2.33. The zero-order chi connectivity index (χ0) is 4.00. The molecule has 0 heterocycles. The third-order valence-corrected chi connectivity index (χ3v) is 0. The van der Waals surface area contributed by atoms with E-state index in [0.29, 0.717) is 0 Å². The summed E-state index contributed by atoms with van der Waals surface area (Å²) in [7, 11) is 0. The maximum absolute atomic E-state index is 2.03. The Hall–Kier alpha value is 2.11. The second kappa shape index (κ2) is 59.5. The summed E-state index contributed by atoms with van der Waals surface area (Å²) in [5, 5.41) is 4.06. The van der Waals surface area contributed by atoms with Crippen molar-refractivity contribution in [3.05, 3.63) is 0 Å². The summed E-state index contributed by atoms with van der Waals surface area (Å²) in [6.07, 6.45) is 0. The van der Waals surface area contributed by atoms with Gasteiger partial charge in [-0.1, -0.05) is 0 Å². The minimum absolute atomic E-state index is 0. The fraction of sp³-hybridized carbons (Fsp3) is 1.00. The van der Waals surface area contributed by atoms with Crippen molar-refractivity contribution in [3.63, 3.8) is 0 Å². The average molecular weight is 150 g/mol. The number of halogens is 2. The summed E-state index contributed by atoms with van der Waals surface area (Å²) >= 11 is 3.72. The molecule has 0 unspecified atom stereocenters. The van der Waals surface area contributed by atoms with Crippen LogP contribution in [0, 0.1) is 0 Å². The van der Waals surface area contributed by atoms with Gasteiger partial charge in [0.15, 0.2) is 0 Å². The third kappa shape index (κ3) is 35.8. The smallest absolute Gasteiger partial charge is 1.00 e. The predicted molar refractivity (Wildman–Crippen MR) is 23.2 cm³/mol. The van der Waals surface area contributed by atoms with E-state index < -0.39 is 0 Å². The SMILES string of the molecule is [CH3][Mg+].[CH3][Mg+].[Cl-].[Cl-]. The summed E-state index contributed by atoms with van der Waals surface area (Å²) < 4.78 is 0. The van der Waals surface area contributed by atoms with Crippen LogP contribution in [0.5, 0.6) is 0 Å². The molecule has 0 aliphatic carbocycles. The molecule has 0 atom stereocenters. The Balaban J connectivity index is -0.00000000500. The van der Waals surface area contributed by atoms with Crippen LogP contribution in [0.4, 0.5) is 0 Å². The number of rotatable bonds is 0. The second-order valence-electron chi connectivity index (χ2n) is 0. The summed E-state index contributed by atoms with van der Waals surface area (Å²) in [6.45, 7) is 0. The van der Waals surface area contributed by atoms with Crippen LogP contribution in [-0.4, -0.2) is 43.4 Å². The van der Waals surface area contributed by atoms with Crippen molar-refractivity contribution in [2.24, 2.45) is 0 Å². The fourth-order valence-corrected chi connectivity index (χ4v) is 0. The molecular formula is C2H6Cl2Mg2. The van der Waals surface area contributed by atoms with Gasteiger partial charge < -0.3 is 24.8 Å². The largest absolute Gasteiger partial charge is 1.00 e. The maximum atomic E-state index is 2.03. The fourth-order valence-electron chi connectivity index (χ4n) is 0. The van der Waals surface area contributed by atoms with Crippen LogP contribution < -0.4 is 24.8 Å². The monoisotopic (exact) mass is 148 g/mol. The molecule has 0 nitrogen and oxygen atoms in total. The molecule has 0 spiro atoms. The number of hydrogen-bond acceptors (Lipinski definition) is 0. The van der Waals surface area contributed by atoms with Crippen LogP contribution >= 0.6 is 0 Å². The van der Waals surface area contributed by atoms with Gasteiger partial charge in [-0.3, -0.25) is 0 Å². The van der Waals surface area contributed by atoms with Crippen LogP contribution in [0.15, 0.2) is 0 Å². The van der Waals surface area contributed by atoms with Gasteiger partial charge in [0.2, 0.25) is 0 Å². The quantitative estimate of drug-likeness (QED) is 0.302. The van der Waals surface area contributed by atoms with Crippen molar-refractivity contribution in [2.75, 3.05) is 0 Å². The minimum atomic E-state index is 0. The maximum Gasteiger partial charge on any atom is -1.00 e. The number of hydrogen-bond donors (Lipinski definition) is 0. The van der Waals surface area contributed by atoms with Gasteiger partial charge in [-0.25, -0.2) is 0 Å². The van der Waals surface area contributed by atoms with Crippen LogP contribution in [0.3, 0.4) is 0 Å². The van der Waals surface area contributed by atoms with E-state index in [4.69, 9.17) is 0 Å². The van der Waals surface area contributed by atoms with E-state index in [9.17, 15) is 0 Å². The molecular weight excluding hydrogens is 144 g/mol. The molecule has 32 valence electrons. The third-order valence-electron chi connectivity index (χ3n) is 0. The van der Waals surface area contributed by atoms with Crippen molar-refractivity contribution >= 4 is 43.4 Å². The van der Waals surface area contributed by atoms with Crippen molar-refractivity contribution in [1.82, 2.24) is 0 Å². The molecule has 0 aromatic heterocycles. The van der Waals surface area contributed by atoms with Gasteiger partial charge in [-0.2, -0.15) is 0 Å². The van der Waals surface area contributed by atoms with Gasteiger partial charge in [0.1, 0.15) is 0 Å². The Morgan fingerprint density at radius 3 is 0.667 bits per heavy atom. The molecule has 0 radical (unpaired) electrons. The zero-order valence-electron chi connectivity index (χ0n) is 4.17. The van der Waals surface area contributed by atoms with Gasteiger partial charge in [0.05, 0.1) is 0 Å². The van der Waals surface area contributed by atoms with Crippen LogP contribution in [0.25, 0.3) is 0 Å². The van der Waals surface area contributed by atoms with Crippen molar-refractivity contribution < 1.29 is 24.8 Å². The van der Waals surface area contributed by atoms with Gasteiger partial charge in [0.25, 0.3) is 0 Å². The Labute approximate surface area is 77.5 Å². The Morgan fingerprint density at radius 2 is 0.667 bits per heavy atom. The first-order chi connectivity index (χ1) is 2.00. The van der Waals surface area contributed by atoms with Crippen LogP contribution in [0.2, 0.25) is 10.1 Å². The van der Waals surface area contributed by atoms with E-state index >= 15 is 0 Å². The Kier molecular flexibility index (Phi) is 241. The van der Waals surface area contributed by atoms with E-state index in [1.165, 1.54) is 0 Å². The van der Waals surface area contributed by atoms with E-state index in [0.717, 1.165) is 0 Å². The Morgan fingerprint density at radius 1 is 0.667 bits per heavy atom. The molecule has 0 amide bonds. The zero-order valence-corrected chi connectivity index (χ0v) is 8.51. The van der Waals surface area contributed by atoms with Gasteiger partial charge in [-0.05, 0) is 0 Å². The second-order valence-corrected chi connectivity index (χ2v) is 0. The van der Waals surface area contributed by atoms with Gasteiger partial charge in [-0.15, -0.1) is 0 Å². The molecule has 4 heteroatoms. The molecule has 0 saturated carbocycles. The molecule has 0 aromatic rings.